The molecule has 1 saturated heterocycles. The van der Waals surface area contributed by atoms with Crippen LogP contribution in [-0.4, -0.2) is 31.9 Å². The SMILES string of the molecule is COc1cc2c(cc1OC)-n1cccc1C1(CCNCC1)N2. The Balaban J connectivity index is 1.89. The van der Waals surface area contributed by atoms with E-state index in [2.05, 4.69) is 33.5 Å². The van der Waals surface area contributed by atoms with Crippen molar-refractivity contribution in [3.05, 3.63) is 36.2 Å². The number of nitrogens with one attached hydrogen (secondary N) is 2. The van der Waals surface area contributed by atoms with Gasteiger partial charge in [-0.15, -0.1) is 0 Å². The predicted octanol–water partition coefficient (Wildman–Crippen LogP) is 2.50. The van der Waals surface area contributed by atoms with Crippen molar-refractivity contribution in [1.82, 2.24) is 9.88 Å². The number of methoxy groups -OCH3 is 2. The van der Waals surface area contributed by atoms with Gasteiger partial charge < -0.3 is 24.7 Å². The van der Waals surface area contributed by atoms with Crippen molar-refractivity contribution in [3.63, 3.8) is 0 Å². The number of fused-ring (bicyclic) bond motifs is 4. The van der Waals surface area contributed by atoms with E-state index in [1.165, 1.54) is 5.69 Å². The van der Waals surface area contributed by atoms with Crippen molar-refractivity contribution in [2.75, 3.05) is 32.6 Å². The van der Waals surface area contributed by atoms with E-state index >= 15 is 0 Å². The van der Waals surface area contributed by atoms with E-state index in [0.29, 0.717) is 0 Å². The van der Waals surface area contributed by atoms with Gasteiger partial charge in [-0.2, -0.15) is 0 Å². The maximum Gasteiger partial charge on any atom is 0.162 e. The molecule has 1 aromatic heterocycles. The van der Waals surface area contributed by atoms with E-state index in [4.69, 9.17) is 9.47 Å². The number of piperidine rings is 1. The molecule has 4 rings (SSSR count). The Bertz CT molecular complexity index is 702. The van der Waals surface area contributed by atoms with E-state index < -0.39 is 0 Å². The Morgan fingerprint density at radius 2 is 1.82 bits per heavy atom. The van der Waals surface area contributed by atoms with Crippen LogP contribution in [0.2, 0.25) is 0 Å². The van der Waals surface area contributed by atoms with E-state index in [1.807, 2.05) is 12.1 Å². The van der Waals surface area contributed by atoms with Crippen LogP contribution in [0.1, 0.15) is 18.5 Å². The average Bonchev–Trinajstić information content (AvgIpc) is 3.06. The molecular formula is C17H21N3O2. The summed E-state index contributed by atoms with van der Waals surface area (Å²) in [6.45, 7) is 2.06. The molecule has 22 heavy (non-hydrogen) atoms. The van der Waals surface area contributed by atoms with Gasteiger partial charge in [0.1, 0.15) is 0 Å². The zero-order valence-electron chi connectivity index (χ0n) is 13.0. The molecule has 0 unspecified atom stereocenters. The highest BCUT2D eigenvalue weighted by Gasteiger charge is 2.40. The molecule has 0 atom stereocenters. The number of anilines is 1. The summed E-state index contributed by atoms with van der Waals surface area (Å²) in [5.41, 5.74) is 3.54. The van der Waals surface area contributed by atoms with E-state index in [1.54, 1.807) is 14.2 Å². The minimum atomic E-state index is 0.00134. The topological polar surface area (TPSA) is 47.5 Å². The van der Waals surface area contributed by atoms with Crippen molar-refractivity contribution in [1.29, 1.82) is 0 Å². The lowest BCUT2D eigenvalue weighted by Crippen LogP contribution is -2.48. The van der Waals surface area contributed by atoms with Gasteiger partial charge in [0.15, 0.2) is 11.5 Å². The van der Waals surface area contributed by atoms with Crippen LogP contribution in [0.5, 0.6) is 11.5 Å². The second-order valence-corrected chi connectivity index (χ2v) is 5.94. The third-order valence-electron chi connectivity index (χ3n) is 4.83. The molecule has 5 heteroatoms. The normalized spacial score (nSPS) is 18.3. The first-order valence-corrected chi connectivity index (χ1v) is 7.70. The lowest BCUT2D eigenvalue weighted by atomic mass is 9.83. The van der Waals surface area contributed by atoms with Crippen molar-refractivity contribution in [2.45, 2.75) is 18.4 Å². The van der Waals surface area contributed by atoms with Crippen LogP contribution >= 0.6 is 0 Å². The van der Waals surface area contributed by atoms with E-state index in [-0.39, 0.29) is 5.54 Å². The maximum atomic E-state index is 5.46. The van der Waals surface area contributed by atoms with Gasteiger partial charge in [0.2, 0.25) is 0 Å². The number of rotatable bonds is 2. The summed E-state index contributed by atoms with van der Waals surface area (Å²) in [6.07, 6.45) is 4.28. The summed E-state index contributed by atoms with van der Waals surface area (Å²) in [7, 11) is 3.35. The van der Waals surface area contributed by atoms with Crippen molar-refractivity contribution in [3.8, 4) is 17.2 Å². The van der Waals surface area contributed by atoms with Gasteiger partial charge in [-0.3, -0.25) is 0 Å². The highest BCUT2D eigenvalue weighted by molar-refractivity contribution is 5.72. The fraction of sp³-hybridized carbons (Fsp3) is 0.412. The number of nitrogens with zero attached hydrogens (tertiary/aromatic N) is 1. The summed E-state index contributed by atoms with van der Waals surface area (Å²) in [5, 5.41) is 7.23. The number of ether oxygens (including phenoxy) is 2. The third-order valence-corrected chi connectivity index (χ3v) is 4.83. The average molecular weight is 299 g/mol. The molecule has 0 amide bonds. The first-order valence-electron chi connectivity index (χ1n) is 7.70. The Morgan fingerprint density at radius 1 is 1.09 bits per heavy atom. The van der Waals surface area contributed by atoms with Crippen LogP contribution in [0.15, 0.2) is 30.5 Å². The highest BCUT2D eigenvalue weighted by Crippen LogP contribution is 2.45. The maximum absolute atomic E-state index is 5.46. The Hall–Kier alpha value is -2.14. The standard InChI is InChI=1S/C17H21N3O2/c1-21-14-10-12-13(11-15(14)22-2)20-9-3-4-16(20)17(19-12)5-7-18-8-6-17/h3-4,9-11,18-19H,5-8H2,1-2H3. The number of benzene rings is 1. The molecule has 0 radical (unpaired) electrons. The van der Waals surface area contributed by atoms with Gasteiger partial charge in [-0.25, -0.2) is 0 Å². The molecular weight excluding hydrogens is 278 g/mol. The van der Waals surface area contributed by atoms with Crippen LogP contribution < -0.4 is 20.1 Å². The number of aromatic nitrogens is 1. The number of hydrogen-bond donors (Lipinski definition) is 2. The summed E-state index contributed by atoms with van der Waals surface area (Å²) >= 11 is 0. The highest BCUT2D eigenvalue weighted by atomic mass is 16.5. The van der Waals surface area contributed by atoms with Crippen molar-refractivity contribution < 1.29 is 9.47 Å². The number of hydrogen-bond acceptors (Lipinski definition) is 4. The van der Waals surface area contributed by atoms with Gasteiger partial charge in [-0.05, 0) is 38.1 Å². The Kier molecular flexibility index (Phi) is 3.04. The molecule has 2 aliphatic rings. The summed E-state index contributed by atoms with van der Waals surface area (Å²) in [4.78, 5) is 0. The zero-order valence-corrected chi connectivity index (χ0v) is 13.0. The summed E-state index contributed by atoms with van der Waals surface area (Å²) in [6, 6.07) is 8.42. The first kappa shape index (κ1) is 13.5. The molecule has 2 aromatic rings. The van der Waals surface area contributed by atoms with Crippen LogP contribution in [0.3, 0.4) is 0 Å². The zero-order chi connectivity index (χ0) is 15.2. The van der Waals surface area contributed by atoms with Gasteiger partial charge in [0, 0.05) is 24.0 Å². The van der Waals surface area contributed by atoms with Gasteiger partial charge >= 0.3 is 0 Å². The Morgan fingerprint density at radius 3 is 2.55 bits per heavy atom. The lowest BCUT2D eigenvalue weighted by Gasteiger charge is -2.43. The second kappa shape index (κ2) is 4.95. The Labute approximate surface area is 130 Å². The van der Waals surface area contributed by atoms with Crippen molar-refractivity contribution >= 4 is 5.69 Å². The molecule has 0 saturated carbocycles. The fourth-order valence-corrected chi connectivity index (χ4v) is 3.71. The smallest absolute Gasteiger partial charge is 0.162 e. The lowest BCUT2D eigenvalue weighted by molar-refractivity contribution is 0.328. The summed E-state index contributed by atoms with van der Waals surface area (Å²) < 4.78 is 13.2. The largest absolute Gasteiger partial charge is 0.493 e. The molecule has 0 aliphatic carbocycles. The molecule has 116 valence electrons. The van der Waals surface area contributed by atoms with E-state index in [0.717, 1.165) is 48.8 Å². The molecule has 0 bridgehead atoms. The molecule has 1 aromatic carbocycles. The molecule has 1 fully saturated rings. The van der Waals surface area contributed by atoms with Crippen LogP contribution in [0.4, 0.5) is 5.69 Å². The minimum Gasteiger partial charge on any atom is -0.493 e. The van der Waals surface area contributed by atoms with Crippen LogP contribution in [-0.2, 0) is 5.54 Å². The minimum absolute atomic E-state index is 0.00134. The van der Waals surface area contributed by atoms with Gasteiger partial charge in [-0.1, -0.05) is 0 Å². The second-order valence-electron chi connectivity index (χ2n) is 5.94. The molecule has 2 N–H and O–H groups in total. The predicted molar refractivity (Wildman–Crippen MR) is 86.3 cm³/mol. The van der Waals surface area contributed by atoms with E-state index in [9.17, 15) is 0 Å². The molecule has 2 aliphatic heterocycles. The van der Waals surface area contributed by atoms with Gasteiger partial charge in [0.05, 0.1) is 31.1 Å². The molecule has 5 nitrogen and oxygen atoms in total. The third kappa shape index (κ3) is 1.82. The monoisotopic (exact) mass is 299 g/mol. The van der Waals surface area contributed by atoms with Gasteiger partial charge in [0.25, 0.3) is 0 Å². The van der Waals surface area contributed by atoms with Crippen LogP contribution in [0, 0.1) is 0 Å². The first-order chi connectivity index (χ1) is 10.8. The molecule has 1 spiro atoms. The van der Waals surface area contributed by atoms with Crippen LogP contribution in [0.25, 0.3) is 5.69 Å². The molecule has 3 heterocycles. The fourth-order valence-electron chi connectivity index (χ4n) is 3.71. The van der Waals surface area contributed by atoms with Crippen molar-refractivity contribution in [2.24, 2.45) is 0 Å². The quantitative estimate of drug-likeness (QED) is 0.894. The summed E-state index contributed by atoms with van der Waals surface area (Å²) in [5.74, 6) is 1.51.